The van der Waals surface area contributed by atoms with Crippen LogP contribution in [-0.4, -0.2) is 36.3 Å². The molecule has 4 atom stereocenters. The Morgan fingerprint density at radius 2 is 1.07 bits per heavy atom. The van der Waals surface area contributed by atoms with Gasteiger partial charge in [0.25, 0.3) is 0 Å². The Bertz CT molecular complexity index is 1900. The molecule has 4 heterocycles. The SMILES string of the molecule is COc1ccc(C2C(C#N)=C(N)SC2C(=O)c2sc3sc(C(=O)C4SC(N)=C(C#N)C4c4ccc(OC)cc4)c(C)c3c2C)cc1. The molecule has 0 aliphatic carbocycles. The van der Waals surface area contributed by atoms with Crippen LogP contribution in [0.1, 0.15) is 53.4 Å². The summed E-state index contributed by atoms with van der Waals surface area (Å²) in [6.07, 6.45) is 0. The van der Waals surface area contributed by atoms with Crippen LogP contribution in [0.15, 0.2) is 69.7 Å². The Morgan fingerprint density at radius 1 is 0.696 bits per heavy atom. The van der Waals surface area contributed by atoms with Crippen LogP contribution in [0.2, 0.25) is 0 Å². The molecule has 0 radical (unpaired) electrons. The van der Waals surface area contributed by atoms with Crippen molar-refractivity contribution >= 4 is 67.2 Å². The zero-order chi connectivity index (χ0) is 32.9. The van der Waals surface area contributed by atoms with Crippen LogP contribution >= 0.6 is 46.2 Å². The average Bonchev–Trinajstić information content (AvgIpc) is 3.79. The van der Waals surface area contributed by atoms with E-state index in [1.54, 1.807) is 14.2 Å². The van der Waals surface area contributed by atoms with Crippen molar-refractivity contribution < 1.29 is 19.1 Å². The number of carbonyl (C=O) groups is 2. The zero-order valence-corrected chi connectivity index (χ0v) is 28.5. The van der Waals surface area contributed by atoms with E-state index in [4.69, 9.17) is 20.9 Å². The molecule has 0 bridgehead atoms. The lowest BCUT2D eigenvalue weighted by molar-refractivity contribution is 0.0981. The fraction of sp³-hybridized carbons (Fsp3) is 0.235. The van der Waals surface area contributed by atoms with Crippen LogP contribution < -0.4 is 20.9 Å². The van der Waals surface area contributed by atoms with Gasteiger partial charge in [-0.1, -0.05) is 47.8 Å². The number of ether oxygens (including phenoxy) is 2. The van der Waals surface area contributed by atoms with Crippen LogP contribution in [0.5, 0.6) is 11.5 Å². The van der Waals surface area contributed by atoms with E-state index in [1.165, 1.54) is 46.2 Å². The number of rotatable bonds is 8. The smallest absolute Gasteiger partial charge is 0.187 e. The summed E-state index contributed by atoms with van der Waals surface area (Å²) >= 11 is 5.18. The summed E-state index contributed by atoms with van der Waals surface area (Å²) in [5.74, 6) is 0.172. The summed E-state index contributed by atoms with van der Waals surface area (Å²) in [4.78, 5) is 29.6. The Labute approximate surface area is 282 Å². The van der Waals surface area contributed by atoms with Gasteiger partial charge in [-0.2, -0.15) is 10.5 Å². The molecule has 4 unspecified atom stereocenters. The number of fused-ring (bicyclic) bond motifs is 1. The number of thiophene rings is 2. The number of hydrogen-bond donors (Lipinski definition) is 2. The highest BCUT2D eigenvalue weighted by Crippen LogP contribution is 2.51. The summed E-state index contributed by atoms with van der Waals surface area (Å²) < 4.78 is 11.5. The van der Waals surface area contributed by atoms with Crippen molar-refractivity contribution in [3.63, 3.8) is 0 Å². The molecular weight excluding hydrogens is 657 g/mol. The minimum Gasteiger partial charge on any atom is -0.497 e. The van der Waals surface area contributed by atoms with E-state index in [9.17, 15) is 20.1 Å². The zero-order valence-electron chi connectivity index (χ0n) is 25.2. The Kier molecular flexibility index (Phi) is 8.66. The predicted octanol–water partition coefficient (Wildman–Crippen LogP) is 7.15. The third-order valence-electron chi connectivity index (χ3n) is 8.45. The Balaban J connectivity index is 1.33. The number of nitrogens with zero attached hydrogens (tertiary/aromatic N) is 2. The maximum atomic E-state index is 14.2. The van der Waals surface area contributed by atoms with Crippen molar-refractivity contribution in [1.82, 2.24) is 0 Å². The molecule has 0 amide bonds. The molecule has 4 aromatic rings. The maximum absolute atomic E-state index is 14.2. The number of methoxy groups -OCH3 is 2. The van der Waals surface area contributed by atoms with Gasteiger partial charge in [-0.05, 0) is 60.4 Å². The molecule has 6 rings (SSSR count). The van der Waals surface area contributed by atoms with Crippen LogP contribution in [0.25, 0.3) is 9.40 Å². The van der Waals surface area contributed by atoms with Crippen molar-refractivity contribution in [1.29, 1.82) is 10.5 Å². The largest absolute Gasteiger partial charge is 0.497 e. The van der Waals surface area contributed by atoms with Gasteiger partial charge in [0.05, 0.1) is 71.8 Å². The van der Waals surface area contributed by atoms with Crippen LogP contribution in [0, 0.1) is 36.5 Å². The van der Waals surface area contributed by atoms with E-state index in [1.807, 2.05) is 62.4 Å². The highest BCUT2D eigenvalue weighted by atomic mass is 32.2. The van der Waals surface area contributed by atoms with E-state index in [0.717, 1.165) is 31.7 Å². The third-order valence-corrected chi connectivity index (χ3v) is 13.6. The highest BCUT2D eigenvalue weighted by molar-refractivity contribution is 8.05. The van der Waals surface area contributed by atoms with Crippen LogP contribution in [-0.2, 0) is 0 Å². The van der Waals surface area contributed by atoms with E-state index < -0.39 is 22.3 Å². The van der Waals surface area contributed by atoms with Crippen LogP contribution in [0.3, 0.4) is 0 Å². The van der Waals surface area contributed by atoms with Gasteiger partial charge in [0.2, 0.25) is 0 Å². The fourth-order valence-corrected chi connectivity index (χ4v) is 11.5. The highest BCUT2D eigenvalue weighted by Gasteiger charge is 2.44. The number of nitriles is 2. The molecule has 8 nitrogen and oxygen atoms in total. The lowest BCUT2D eigenvalue weighted by Gasteiger charge is -2.19. The number of thioether (sulfide) groups is 2. The predicted molar refractivity (Wildman–Crippen MR) is 186 cm³/mol. The van der Waals surface area contributed by atoms with E-state index in [2.05, 4.69) is 12.1 Å². The first kappa shape index (κ1) is 31.8. The molecule has 2 aromatic carbocycles. The first-order valence-electron chi connectivity index (χ1n) is 14.1. The Hall–Kier alpha value is -4.20. The summed E-state index contributed by atoms with van der Waals surface area (Å²) in [5, 5.41) is 20.3. The molecule has 0 saturated heterocycles. The van der Waals surface area contributed by atoms with Crippen molar-refractivity contribution in [2.45, 2.75) is 36.2 Å². The van der Waals surface area contributed by atoms with Crippen molar-refractivity contribution in [3.05, 3.63) is 102 Å². The second-order valence-electron chi connectivity index (χ2n) is 10.9. The standard InChI is InChI=1S/C34H28N4O4S4/c1-15-23-16(2)29(27(40)31-25(22(14-36)33(38)44-31)18-7-11-20(42-4)12-8-18)46-34(23)45-28(15)26(39)30-24(21(13-35)32(37)43-30)17-5-9-19(41-3)10-6-17/h5-12,24-25,30-31H,37-38H2,1-4H3. The number of nitrogens with two attached hydrogens (primary N) is 2. The minimum absolute atomic E-state index is 0.0984. The molecule has 0 fully saturated rings. The minimum atomic E-state index is -0.602. The van der Waals surface area contributed by atoms with Gasteiger partial charge in [0.1, 0.15) is 11.5 Å². The summed E-state index contributed by atoms with van der Waals surface area (Å²) in [7, 11) is 3.17. The normalized spacial score (nSPS) is 21.0. The Morgan fingerprint density at radius 3 is 1.37 bits per heavy atom. The summed E-state index contributed by atoms with van der Waals surface area (Å²) in [6.45, 7) is 3.81. The summed E-state index contributed by atoms with van der Waals surface area (Å²) in [6, 6.07) is 19.1. The van der Waals surface area contributed by atoms with Gasteiger partial charge in [-0.25, -0.2) is 0 Å². The number of ketones is 2. The van der Waals surface area contributed by atoms with Gasteiger partial charge in [-0.3, -0.25) is 9.59 Å². The molecule has 0 spiro atoms. The lowest BCUT2D eigenvalue weighted by atomic mass is 9.86. The first-order valence-corrected chi connectivity index (χ1v) is 17.5. The molecule has 4 N–H and O–H groups in total. The molecule has 232 valence electrons. The second-order valence-corrected chi connectivity index (χ2v) is 15.5. The molecule has 2 aromatic heterocycles. The van der Waals surface area contributed by atoms with E-state index >= 15 is 0 Å². The topological polar surface area (TPSA) is 152 Å². The van der Waals surface area contributed by atoms with Crippen molar-refractivity contribution in [2.24, 2.45) is 11.5 Å². The maximum Gasteiger partial charge on any atom is 0.187 e. The number of Topliss-reactive ketones (excluding diaryl/α,β-unsaturated/α-hetero) is 2. The van der Waals surface area contributed by atoms with Gasteiger partial charge in [0.15, 0.2) is 11.6 Å². The molecule has 0 saturated carbocycles. The number of carbonyl (C=O) groups excluding carboxylic acids is 2. The van der Waals surface area contributed by atoms with E-state index in [0.29, 0.717) is 42.5 Å². The van der Waals surface area contributed by atoms with Gasteiger partial charge in [-0.15, -0.1) is 22.7 Å². The van der Waals surface area contributed by atoms with Crippen molar-refractivity contribution in [2.75, 3.05) is 14.2 Å². The fourth-order valence-electron chi connectivity index (χ4n) is 6.11. The number of hydrogen-bond acceptors (Lipinski definition) is 12. The number of allylic oxidation sites excluding steroid dienone is 2. The first-order chi connectivity index (χ1) is 22.1. The molecule has 46 heavy (non-hydrogen) atoms. The molecule has 12 heteroatoms. The van der Waals surface area contributed by atoms with Gasteiger partial charge < -0.3 is 20.9 Å². The monoisotopic (exact) mass is 684 g/mol. The van der Waals surface area contributed by atoms with Crippen LogP contribution in [0.4, 0.5) is 0 Å². The number of aryl methyl sites for hydroxylation is 2. The molecule has 2 aliphatic rings. The van der Waals surface area contributed by atoms with Gasteiger partial charge in [0, 0.05) is 17.2 Å². The molecule has 2 aliphatic heterocycles. The lowest BCUT2D eigenvalue weighted by Crippen LogP contribution is -2.23. The molecular formula is C34H28N4O4S4. The third kappa shape index (κ3) is 5.16. The number of benzene rings is 2. The van der Waals surface area contributed by atoms with Crippen molar-refractivity contribution in [3.8, 4) is 23.6 Å². The second kappa shape index (κ2) is 12.5. The summed E-state index contributed by atoms with van der Waals surface area (Å²) in [5.41, 5.74) is 16.6. The van der Waals surface area contributed by atoms with Gasteiger partial charge >= 0.3 is 0 Å². The average molecular weight is 685 g/mol. The van der Waals surface area contributed by atoms with E-state index in [-0.39, 0.29) is 11.6 Å². The quantitative estimate of drug-likeness (QED) is 0.183.